The van der Waals surface area contributed by atoms with Gasteiger partial charge in [0, 0.05) is 31.4 Å². The molecule has 0 atom stereocenters. The van der Waals surface area contributed by atoms with Gasteiger partial charge >= 0.3 is 0 Å². The lowest BCUT2D eigenvalue weighted by atomic mass is 10.1. The Balaban J connectivity index is 2.23. The Morgan fingerprint density at radius 3 is 2.95 bits per heavy atom. The van der Waals surface area contributed by atoms with Crippen LogP contribution in [0, 0.1) is 0 Å². The number of carbonyl (C=O) groups excluding carboxylic acids is 2. The first-order valence-electron chi connectivity index (χ1n) is 6.88. The number of nitrogens with zero attached hydrogens (tertiary/aromatic N) is 2. The first-order chi connectivity index (χ1) is 9.63. The summed E-state index contributed by atoms with van der Waals surface area (Å²) in [6, 6.07) is 3.55. The molecule has 1 aromatic heterocycles. The van der Waals surface area contributed by atoms with Crippen molar-refractivity contribution in [3.05, 3.63) is 23.4 Å². The summed E-state index contributed by atoms with van der Waals surface area (Å²) in [6.45, 7) is 3.25. The van der Waals surface area contributed by atoms with Crippen LogP contribution in [0.15, 0.2) is 12.1 Å². The number of amides is 2. The number of nitrogens with one attached hydrogen (secondary N) is 2. The van der Waals surface area contributed by atoms with Crippen LogP contribution in [-0.2, 0) is 11.2 Å². The zero-order valence-electron chi connectivity index (χ0n) is 11.9. The lowest BCUT2D eigenvalue weighted by Crippen LogP contribution is -2.50. The van der Waals surface area contributed by atoms with E-state index in [4.69, 9.17) is 0 Å². The number of piperazine rings is 1. The standard InChI is InChI=1S/C14H20N4O2/c1-3-4-11-7-10(8-12(15-2)17-11)14(20)18-6-5-16-13(19)9-18/h7-8H,3-6,9H2,1-2H3,(H,15,17)(H,16,19). The van der Waals surface area contributed by atoms with Crippen molar-refractivity contribution in [3.8, 4) is 0 Å². The molecule has 2 heterocycles. The van der Waals surface area contributed by atoms with Crippen molar-refractivity contribution in [2.75, 3.05) is 32.0 Å². The minimum absolute atomic E-state index is 0.110. The van der Waals surface area contributed by atoms with Crippen molar-refractivity contribution < 1.29 is 9.59 Å². The number of hydrogen-bond donors (Lipinski definition) is 2. The minimum atomic E-state index is -0.115. The van der Waals surface area contributed by atoms with Crippen molar-refractivity contribution in [1.29, 1.82) is 0 Å². The molecule has 2 N–H and O–H groups in total. The fourth-order valence-electron chi connectivity index (χ4n) is 2.22. The molecular weight excluding hydrogens is 256 g/mol. The van der Waals surface area contributed by atoms with Gasteiger partial charge in [0.05, 0.1) is 6.54 Å². The van der Waals surface area contributed by atoms with Crippen molar-refractivity contribution in [3.63, 3.8) is 0 Å². The van der Waals surface area contributed by atoms with Gasteiger partial charge in [-0.25, -0.2) is 4.98 Å². The normalized spacial score (nSPS) is 14.9. The van der Waals surface area contributed by atoms with Crippen molar-refractivity contribution in [1.82, 2.24) is 15.2 Å². The first kappa shape index (κ1) is 14.3. The van der Waals surface area contributed by atoms with Crippen LogP contribution >= 0.6 is 0 Å². The van der Waals surface area contributed by atoms with Crippen LogP contribution in [0.2, 0.25) is 0 Å². The summed E-state index contributed by atoms with van der Waals surface area (Å²) >= 11 is 0. The second kappa shape index (κ2) is 6.36. The number of carbonyl (C=O) groups is 2. The molecule has 2 amide bonds. The molecule has 0 bridgehead atoms. The monoisotopic (exact) mass is 276 g/mol. The van der Waals surface area contributed by atoms with E-state index in [0.29, 0.717) is 24.5 Å². The van der Waals surface area contributed by atoms with Crippen LogP contribution in [0.5, 0.6) is 0 Å². The molecule has 0 spiro atoms. The van der Waals surface area contributed by atoms with E-state index in [1.807, 2.05) is 6.07 Å². The number of anilines is 1. The molecule has 1 fully saturated rings. The Hall–Kier alpha value is -2.11. The summed E-state index contributed by atoms with van der Waals surface area (Å²) in [7, 11) is 1.78. The quantitative estimate of drug-likeness (QED) is 0.846. The summed E-state index contributed by atoms with van der Waals surface area (Å²) in [5, 5.41) is 5.69. The van der Waals surface area contributed by atoms with E-state index >= 15 is 0 Å². The number of hydrogen-bond acceptors (Lipinski definition) is 4. The number of aryl methyl sites for hydroxylation is 1. The van der Waals surface area contributed by atoms with E-state index in [2.05, 4.69) is 22.5 Å². The number of rotatable bonds is 4. The molecule has 1 aliphatic rings. The highest BCUT2D eigenvalue weighted by atomic mass is 16.2. The van der Waals surface area contributed by atoms with E-state index in [-0.39, 0.29) is 18.4 Å². The van der Waals surface area contributed by atoms with Gasteiger partial charge in [-0.1, -0.05) is 13.3 Å². The zero-order valence-corrected chi connectivity index (χ0v) is 11.9. The summed E-state index contributed by atoms with van der Waals surface area (Å²) in [5.41, 5.74) is 1.48. The van der Waals surface area contributed by atoms with Crippen LogP contribution in [0.3, 0.4) is 0 Å². The van der Waals surface area contributed by atoms with Crippen molar-refractivity contribution in [2.45, 2.75) is 19.8 Å². The van der Waals surface area contributed by atoms with E-state index in [9.17, 15) is 9.59 Å². The molecule has 0 aliphatic carbocycles. The molecule has 2 rings (SSSR count). The van der Waals surface area contributed by atoms with Crippen LogP contribution < -0.4 is 10.6 Å². The van der Waals surface area contributed by atoms with Gasteiger partial charge in [0.1, 0.15) is 5.82 Å². The zero-order chi connectivity index (χ0) is 14.5. The van der Waals surface area contributed by atoms with Gasteiger partial charge in [-0.3, -0.25) is 9.59 Å². The molecule has 0 saturated carbocycles. The van der Waals surface area contributed by atoms with E-state index in [0.717, 1.165) is 18.5 Å². The minimum Gasteiger partial charge on any atom is -0.373 e. The van der Waals surface area contributed by atoms with Gasteiger partial charge in [0.2, 0.25) is 5.91 Å². The van der Waals surface area contributed by atoms with Gasteiger partial charge in [0.25, 0.3) is 5.91 Å². The molecule has 0 unspecified atom stereocenters. The topological polar surface area (TPSA) is 74.3 Å². The largest absolute Gasteiger partial charge is 0.373 e. The number of pyridine rings is 1. The van der Waals surface area contributed by atoms with Crippen molar-refractivity contribution >= 4 is 17.6 Å². The lowest BCUT2D eigenvalue weighted by Gasteiger charge is -2.26. The second-order valence-corrected chi connectivity index (χ2v) is 4.81. The van der Waals surface area contributed by atoms with Gasteiger partial charge in [0.15, 0.2) is 0 Å². The predicted octanol–water partition coefficient (Wildman–Crippen LogP) is 0.648. The number of aromatic nitrogens is 1. The third-order valence-corrected chi connectivity index (χ3v) is 3.21. The predicted molar refractivity (Wildman–Crippen MR) is 76.7 cm³/mol. The lowest BCUT2D eigenvalue weighted by molar-refractivity contribution is -0.123. The van der Waals surface area contributed by atoms with Crippen molar-refractivity contribution in [2.24, 2.45) is 0 Å². The van der Waals surface area contributed by atoms with E-state index < -0.39 is 0 Å². The highest BCUT2D eigenvalue weighted by Crippen LogP contribution is 2.14. The summed E-state index contributed by atoms with van der Waals surface area (Å²) < 4.78 is 0. The molecule has 20 heavy (non-hydrogen) atoms. The van der Waals surface area contributed by atoms with Gasteiger partial charge in [-0.2, -0.15) is 0 Å². The maximum absolute atomic E-state index is 12.5. The Bertz CT molecular complexity index is 516. The van der Waals surface area contributed by atoms with Gasteiger partial charge in [-0.15, -0.1) is 0 Å². The fraction of sp³-hybridized carbons (Fsp3) is 0.500. The van der Waals surface area contributed by atoms with Gasteiger partial charge < -0.3 is 15.5 Å². The Morgan fingerprint density at radius 1 is 1.50 bits per heavy atom. The first-order valence-corrected chi connectivity index (χ1v) is 6.88. The molecule has 108 valence electrons. The maximum atomic E-state index is 12.5. The average molecular weight is 276 g/mol. The van der Waals surface area contributed by atoms with Gasteiger partial charge in [-0.05, 0) is 18.6 Å². The fourth-order valence-corrected chi connectivity index (χ4v) is 2.22. The second-order valence-electron chi connectivity index (χ2n) is 4.81. The Labute approximate surface area is 118 Å². The Kier molecular flexibility index (Phi) is 4.55. The molecule has 0 aromatic carbocycles. The molecule has 6 nitrogen and oxygen atoms in total. The molecule has 1 aromatic rings. The third kappa shape index (κ3) is 3.26. The third-order valence-electron chi connectivity index (χ3n) is 3.21. The molecule has 1 saturated heterocycles. The van der Waals surface area contributed by atoms with Crippen LogP contribution in [0.25, 0.3) is 0 Å². The molecule has 0 radical (unpaired) electrons. The molecule has 6 heteroatoms. The van der Waals surface area contributed by atoms with Crippen LogP contribution in [0.4, 0.5) is 5.82 Å². The summed E-state index contributed by atoms with van der Waals surface area (Å²) in [4.78, 5) is 29.8. The maximum Gasteiger partial charge on any atom is 0.254 e. The smallest absolute Gasteiger partial charge is 0.254 e. The molecule has 1 aliphatic heterocycles. The highest BCUT2D eigenvalue weighted by molar-refractivity contribution is 5.97. The summed E-state index contributed by atoms with van der Waals surface area (Å²) in [6.07, 6.45) is 1.80. The highest BCUT2D eigenvalue weighted by Gasteiger charge is 2.23. The average Bonchev–Trinajstić information content (AvgIpc) is 2.46. The summed E-state index contributed by atoms with van der Waals surface area (Å²) in [5.74, 6) is 0.457. The van der Waals surface area contributed by atoms with Crippen LogP contribution in [0.1, 0.15) is 29.4 Å². The van der Waals surface area contributed by atoms with Crippen LogP contribution in [-0.4, -0.2) is 48.4 Å². The Morgan fingerprint density at radius 2 is 2.30 bits per heavy atom. The van der Waals surface area contributed by atoms with E-state index in [1.165, 1.54) is 0 Å². The molecular formula is C14H20N4O2. The SMILES string of the molecule is CCCc1cc(C(=O)N2CCNC(=O)C2)cc(NC)n1. The van der Waals surface area contributed by atoms with E-state index in [1.54, 1.807) is 18.0 Å².